The molecule has 0 spiro atoms. The molecule has 0 atom stereocenters. The van der Waals surface area contributed by atoms with Crippen molar-refractivity contribution in [2.75, 3.05) is 45.3 Å². The largest absolute Gasteiger partial charge is 0.495 e. The molecule has 0 N–H and O–H groups in total. The van der Waals surface area contributed by atoms with Crippen molar-refractivity contribution in [2.24, 2.45) is 0 Å². The van der Waals surface area contributed by atoms with Gasteiger partial charge in [0, 0.05) is 18.7 Å². The number of hydrogen-bond donors (Lipinski definition) is 0. The smallest absolute Gasteiger partial charge is 0.260 e. The van der Waals surface area contributed by atoms with Gasteiger partial charge in [-0.05, 0) is 74.2 Å². The van der Waals surface area contributed by atoms with Crippen molar-refractivity contribution in [3.63, 3.8) is 0 Å². The Morgan fingerprint density at radius 2 is 1.65 bits per heavy atom. The van der Waals surface area contributed by atoms with Crippen LogP contribution in [0.4, 0.5) is 5.13 Å². The van der Waals surface area contributed by atoms with Gasteiger partial charge >= 0.3 is 0 Å². The van der Waals surface area contributed by atoms with Gasteiger partial charge in [0.15, 0.2) is 5.13 Å². The molecule has 1 amide bonds. The molecular formula is C26H34ClN3O3S. The first-order chi connectivity index (χ1) is 16.1. The normalized spacial score (nSPS) is 12.9. The second kappa shape index (κ2) is 11.9. The summed E-state index contributed by atoms with van der Waals surface area (Å²) in [6, 6.07) is 9.95. The molecule has 0 fully saturated rings. The number of halogens is 1. The maximum Gasteiger partial charge on any atom is 0.260 e. The summed E-state index contributed by atoms with van der Waals surface area (Å²) < 4.78 is 12.0. The second-order valence-electron chi connectivity index (χ2n) is 8.32. The van der Waals surface area contributed by atoms with E-state index in [9.17, 15) is 4.79 Å². The molecule has 2 aromatic carbocycles. The van der Waals surface area contributed by atoms with Gasteiger partial charge in [0.2, 0.25) is 0 Å². The molecular weight excluding hydrogens is 470 g/mol. The fraction of sp³-hybridized carbons (Fsp3) is 0.462. The number of benzene rings is 2. The van der Waals surface area contributed by atoms with Crippen LogP contribution in [-0.4, -0.2) is 56.2 Å². The zero-order valence-electron chi connectivity index (χ0n) is 20.4. The molecule has 0 saturated carbocycles. The summed E-state index contributed by atoms with van der Waals surface area (Å²) >= 11 is 1.48. The number of carbonyl (C=O) groups excluding carboxylic acids is 1. The summed E-state index contributed by atoms with van der Waals surface area (Å²) in [5.41, 5.74) is 4.14. The highest BCUT2D eigenvalue weighted by Crippen LogP contribution is 2.40. The highest BCUT2D eigenvalue weighted by atomic mass is 35.5. The van der Waals surface area contributed by atoms with Crippen LogP contribution in [0.5, 0.6) is 11.5 Å². The Bertz CT molecular complexity index is 1090. The quantitative estimate of drug-likeness (QED) is 0.380. The molecule has 0 aliphatic heterocycles. The lowest BCUT2D eigenvalue weighted by Crippen LogP contribution is -2.39. The van der Waals surface area contributed by atoms with E-state index >= 15 is 0 Å². The summed E-state index contributed by atoms with van der Waals surface area (Å²) in [5, 5.41) is 0.669. The molecule has 34 heavy (non-hydrogen) atoms. The third-order valence-electron chi connectivity index (χ3n) is 6.50. The number of fused-ring (bicyclic) bond motifs is 2. The number of amides is 1. The molecule has 1 aromatic heterocycles. The lowest BCUT2D eigenvalue weighted by molar-refractivity contribution is 0.0983. The zero-order valence-corrected chi connectivity index (χ0v) is 22.1. The van der Waals surface area contributed by atoms with E-state index in [4.69, 9.17) is 14.5 Å². The van der Waals surface area contributed by atoms with Crippen LogP contribution in [0, 0.1) is 0 Å². The van der Waals surface area contributed by atoms with Crippen LogP contribution in [0.1, 0.15) is 48.2 Å². The Morgan fingerprint density at radius 3 is 2.32 bits per heavy atom. The minimum Gasteiger partial charge on any atom is -0.495 e. The van der Waals surface area contributed by atoms with Crippen LogP contribution in [0.15, 0.2) is 30.3 Å². The molecule has 4 rings (SSSR count). The third-order valence-corrected chi connectivity index (χ3v) is 7.60. The molecule has 1 aliphatic carbocycles. The van der Waals surface area contributed by atoms with Gasteiger partial charge in [-0.25, -0.2) is 4.98 Å². The molecule has 1 aliphatic rings. The van der Waals surface area contributed by atoms with Crippen LogP contribution < -0.4 is 14.4 Å². The van der Waals surface area contributed by atoms with E-state index in [1.54, 1.807) is 14.2 Å². The first-order valence-electron chi connectivity index (χ1n) is 11.8. The minimum absolute atomic E-state index is 0. The Morgan fingerprint density at radius 1 is 0.971 bits per heavy atom. The van der Waals surface area contributed by atoms with Crippen LogP contribution in [0.25, 0.3) is 10.2 Å². The molecule has 6 nitrogen and oxygen atoms in total. The standard InChI is InChI=1S/C26H33N3O3S.ClH/c1-5-28(6-2)15-16-29(25(30)20-12-11-18-9-7-8-10-19(18)17-20)26-27-23-21(31-3)13-14-22(32-4)24(23)33-26;/h11-14,17H,5-10,15-16H2,1-4H3;1H. The highest BCUT2D eigenvalue weighted by molar-refractivity contribution is 7.22. The van der Waals surface area contributed by atoms with Crippen molar-refractivity contribution in [3.8, 4) is 11.5 Å². The van der Waals surface area contributed by atoms with Gasteiger partial charge in [-0.2, -0.15) is 0 Å². The number of thiazole rings is 1. The van der Waals surface area contributed by atoms with Gasteiger partial charge in [0.1, 0.15) is 21.7 Å². The van der Waals surface area contributed by atoms with Gasteiger partial charge in [-0.1, -0.05) is 31.3 Å². The number of aryl methyl sites for hydroxylation is 2. The first-order valence-corrected chi connectivity index (χ1v) is 12.6. The first kappa shape index (κ1) is 26.3. The lowest BCUT2D eigenvalue weighted by atomic mass is 9.90. The van der Waals surface area contributed by atoms with Crippen molar-refractivity contribution in [1.82, 2.24) is 9.88 Å². The minimum atomic E-state index is -0.00693. The predicted octanol–water partition coefficient (Wildman–Crippen LogP) is 5.60. The molecule has 0 saturated heterocycles. The average molecular weight is 504 g/mol. The second-order valence-corrected chi connectivity index (χ2v) is 9.30. The maximum absolute atomic E-state index is 13.8. The number of likely N-dealkylation sites (N-methyl/N-ethyl adjacent to an activating group) is 1. The number of methoxy groups -OCH3 is 2. The van der Waals surface area contributed by atoms with Gasteiger partial charge in [0.25, 0.3) is 5.91 Å². The van der Waals surface area contributed by atoms with E-state index in [0.29, 0.717) is 17.4 Å². The molecule has 8 heteroatoms. The van der Waals surface area contributed by atoms with Crippen molar-refractivity contribution in [2.45, 2.75) is 39.5 Å². The average Bonchev–Trinajstić information content (AvgIpc) is 3.30. The number of hydrogen-bond acceptors (Lipinski definition) is 6. The summed E-state index contributed by atoms with van der Waals surface area (Å²) in [6.45, 7) is 7.53. The lowest BCUT2D eigenvalue weighted by Gasteiger charge is -2.25. The van der Waals surface area contributed by atoms with Crippen molar-refractivity contribution in [3.05, 3.63) is 47.0 Å². The van der Waals surface area contributed by atoms with E-state index in [1.807, 2.05) is 23.1 Å². The number of aromatic nitrogens is 1. The Labute approximate surface area is 212 Å². The molecule has 1 heterocycles. The van der Waals surface area contributed by atoms with Crippen LogP contribution in [0.3, 0.4) is 0 Å². The van der Waals surface area contributed by atoms with Crippen LogP contribution >= 0.6 is 23.7 Å². The molecule has 0 bridgehead atoms. The predicted molar refractivity (Wildman–Crippen MR) is 143 cm³/mol. The topological polar surface area (TPSA) is 54.9 Å². The fourth-order valence-corrected chi connectivity index (χ4v) is 5.58. The molecule has 184 valence electrons. The Balaban J connectivity index is 0.00000324. The van der Waals surface area contributed by atoms with Crippen LogP contribution in [0.2, 0.25) is 0 Å². The number of ether oxygens (including phenoxy) is 2. The van der Waals surface area contributed by atoms with Crippen molar-refractivity contribution in [1.29, 1.82) is 0 Å². The Hall–Kier alpha value is -2.35. The van der Waals surface area contributed by atoms with Crippen LogP contribution in [-0.2, 0) is 12.8 Å². The van der Waals surface area contributed by atoms with Crippen molar-refractivity contribution >= 4 is 45.0 Å². The van der Waals surface area contributed by atoms with Gasteiger partial charge < -0.3 is 14.4 Å². The van der Waals surface area contributed by atoms with E-state index in [-0.39, 0.29) is 18.3 Å². The zero-order chi connectivity index (χ0) is 23.4. The highest BCUT2D eigenvalue weighted by Gasteiger charge is 2.25. The number of rotatable bonds is 9. The fourth-order valence-electron chi connectivity index (χ4n) is 4.48. The van der Waals surface area contributed by atoms with E-state index < -0.39 is 0 Å². The third kappa shape index (κ3) is 5.32. The monoisotopic (exact) mass is 503 g/mol. The van der Waals surface area contributed by atoms with Crippen molar-refractivity contribution < 1.29 is 14.3 Å². The number of carbonyl (C=O) groups is 1. The van der Waals surface area contributed by atoms with E-state index in [2.05, 4.69) is 30.9 Å². The Kier molecular flexibility index (Phi) is 9.17. The number of nitrogens with zero attached hydrogens (tertiary/aromatic N) is 3. The summed E-state index contributed by atoms with van der Waals surface area (Å²) in [6.07, 6.45) is 4.57. The van der Waals surface area contributed by atoms with Gasteiger partial charge in [-0.3, -0.25) is 9.69 Å². The SMILES string of the molecule is CCN(CC)CCN(C(=O)c1ccc2c(c1)CCCC2)c1nc2c(OC)ccc(OC)c2s1.Cl. The summed E-state index contributed by atoms with van der Waals surface area (Å²) in [4.78, 5) is 22.8. The van der Waals surface area contributed by atoms with Gasteiger partial charge in [0.05, 0.1) is 14.2 Å². The van der Waals surface area contributed by atoms with E-state index in [1.165, 1.54) is 35.3 Å². The summed E-state index contributed by atoms with van der Waals surface area (Å²) in [7, 11) is 3.29. The van der Waals surface area contributed by atoms with Gasteiger partial charge in [-0.15, -0.1) is 12.4 Å². The molecule has 0 radical (unpaired) electrons. The summed E-state index contributed by atoms with van der Waals surface area (Å²) in [5.74, 6) is 1.41. The maximum atomic E-state index is 13.8. The molecule has 3 aromatic rings. The molecule has 0 unspecified atom stereocenters. The van der Waals surface area contributed by atoms with E-state index in [0.717, 1.165) is 54.0 Å². The number of anilines is 1.